The Bertz CT molecular complexity index is 651. The Morgan fingerprint density at radius 1 is 1.53 bits per heavy atom. The van der Waals surface area contributed by atoms with Crippen LogP contribution < -0.4 is 5.56 Å². The highest BCUT2D eigenvalue weighted by Crippen LogP contribution is 2.16. The van der Waals surface area contributed by atoms with Crippen LogP contribution in [0.4, 0.5) is 0 Å². The summed E-state index contributed by atoms with van der Waals surface area (Å²) in [5.41, 5.74) is -0.404. The van der Waals surface area contributed by atoms with Gasteiger partial charge in [0, 0.05) is 9.86 Å². The van der Waals surface area contributed by atoms with Crippen LogP contribution >= 0.6 is 15.9 Å². The van der Waals surface area contributed by atoms with Gasteiger partial charge in [0.1, 0.15) is 0 Å². The first-order valence-corrected chi connectivity index (χ1v) is 5.70. The number of carboxylic acid groups (broad SMARTS) is 1. The Balaban J connectivity index is 2.73. The first kappa shape index (κ1) is 11.8. The zero-order chi connectivity index (χ0) is 12.6. The van der Waals surface area contributed by atoms with E-state index in [2.05, 4.69) is 21.0 Å². The van der Waals surface area contributed by atoms with Crippen LogP contribution in [-0.4, -0.2) is 20.9 Å². The number of nitrogens with zero attached hydrogens (tertiary/aromatic N) is 2. The van der Waals surface area contributed by atoms with Gasteiger partial charge >= 0.3 is 5.97 Å². The minimum Gasteiger partial charge on any atom is -0.480 e. The molecule has 0 spiro atoms. The van der Waals surface area contributed by atoms with Crippen molar-refractivity contribution < 1.29 is 9.90 Å². The van der Waals surface area contributed by atoms with Crippen molar-refractivity contribution in [2.75, 3.05) is 0 Å². The fourth-order valence-corrected chi connectivity index (χ4v) is 1.87. The van der Waals surface area contributed by atoms with Crippen molar-refractivity contribution in [3.05, 3.63) is 39.2 Å². The number of hydrogen-bond donors (Lipinski definition) is 1. The molecule has 2 aromatic rings. The highest BCUT2D eigenvalue weighted by molar-refractivity contribution is 9.10. The van der Waals surface area contributed by atoms with E-state index in [1.807, 2.05) is 0 Å². The lowest BCUT2D eigenvalue weighted by molar-refractivity contribution is -0.140. The molecule has 1 N–H and O–H groups in total. The number of halogens is 1. The van der Waals surface area contributed by atoms with E-state index in [-0.39, 0.29) is 0 Å². The van der Waals surface area contributed by atoms with Crippen LogP contribution in [0.5, 0.6) is 0 Å². The van der Waals surface area contributed by atoms with Gasteiger partial charge in [-0.15, -0.1) is 0 Å². The van der Waals surface area contributed by atoms with Gasteiger partial charge in [-0.1, -0.05) is 22.0 Å². The van der Waals surface area contributed by atoms with E-state index in [0.29, 0.717) is 10.8 Å². The van der Waals surface area contributed by atoms with Crippen molar-refractivity contribution in [3.63, 3.8) is 0 Å². The second-order valence-electron chi connectivity index (χ2n) is 3.64. The Morgan fingerprint density at radius 2 is 2.24 bits per heavy atom. The standard InChI is InChI=1S/C11H9BrN2O3/c1-6(11(16)17)14-10(15)9-4-8(12)3-2-7(9)5-13-14/h2-6H,1H3,(H,16,17)/t6-/m1/s1. The van der Waals surface area contributed by atoms with Gasteiger partial charge < -0.3 is 5.11 Å². The van der Waals surface area contributed by atoms with Crippen molar-refractivity contribution in [2.24, 2.45) is 0 Å². The average Bonchev–Trinajstić information content (AvgIpc) is 2.29. The summed E-state index contributed by atoms with van der Waals surface area (Å²) in [5, 5.41) is 13.9. The molecule has 1 aromatic carbocycles. The van der Waals surface area contributed by atoms with Gasteiger partial charge in [-0.05, 0) is 19.1 Å². The molecule has 0 bridgehead atoms. The van der Waals surface area contributed by atoms with Gasteiger partial charge in [0.05, 0.1) is 11.6 Å². The van der Waals surface area contributed by atoms with Crippen LogP contribution in [0, 0.1) is 0 Å². The summed E-state index contributed by atoms with van der Waals surface area (Å²) in [4.78, 5) is 22.9. The normalized spacial score (nSPS) is 12.6. The second kappa shape index (κ2) is 4.29. The van der Waals surface area contributed by atoms with Crippen LogP contribution in [0.3, 0.4) is 0 Å². The SMILES string of the molecule is C[C@H](C(=O)O)n1ncc2ccc(Br)cc2c1=O. The van der Waals surface area contributed by atoms with Crippen LogP contribution in [0.2, 0.25) is 0 Å². The van der Waals surface area contributed by atoms with Gasteiger partial charge in [0.25, 0.3) is 5.56 Å². The number of carbonyl (C=O) groups is 1. The summed E-state index contributed by atoms with van der Waals surface area (Å²) in [6.07, 6.45) is 1.49. The topological polar surface area (TPSA) is 72.2 Å². The first-order chi connectivity index (χ1) is 8.00. The van der Waals surface area contributed by atoms with E-state index in [4.69, 9.17) is 5.11 Å². The third-order valence-corrected chi connectivity index (χ3v) is 2.99. The molecule has 0 aliphatic carbocycles. The first-order valence-electron chi connectivity index (χ1n) is 4.90. The minimum atomic E-state index is -1.09. The van der Waals surface area contributed by atoms with Crippen LogP contribution in [0.15, 0.2) is 33.7 Å². The molecule has 0 saturated carbocycles. The Labute approximate surface area is 105 Å². The maximum Gasteiger partial charge on any atom is 0.328 e. The minimum absolute atomic E-state index is 0.404. The largest absolute Gasteiger partial charge is 0.480 e. The van der Waals surface area contributed by atoms with Gasteiger partial charge in [-0.3, -0.25) is 4.79 Å². The summed E-state index contributed by atoms with van der Waals surface area (Å²) in [5.74, 6) is -1.09. The molecule has 0 aliphatic heterocycles. The molecule has 2 rings (SSSR count). The third-order valence-electron chi connectivity index (χ3n) is 2.50. The highest BCUT2D eigenvalue weighted by Gasteiger charge is 2.16. The molecule has 0 fully saturated rings. The van der Waals surface area contributed by atoms with Crippen LogP contribution in [-0.2, 0) is 4.79 Å². The molecule has 6 heteroatoms. The molecule has 0 unspecified atom stereocenters. The molecular formula is C11H9BrN2O3. The van der Waals surface area contributed by atoms with E-state index in [0.717, 1.165) is 9.15 Å². The van der Waals surface area contributed by atoms with Crippen molar-refractivity contribution in [3.8, 4) is 0 Å². The summed E-state index contributed by atoms with van der Waals surface area (Å²) in [6.45, 7) is 1.42. The van der Waals surface area contributed by atoms with Gasteiger partial charge in [0.15, 0.2) is 6.04 Å². The van der Waals surface area contributed by atoms with Crippen molar-refractivity contribution >= 4 is 32.7 Å². The van der Waals surface area contributed by atoms with Crippen molar-refractivity contribution in [1.82, 2.24) is 9.78 Å². The lowest BCUT2D eigenvalue weighted by Gasteiger charge is -2.09. The van der Waals surface area contributed by atoms with Crippen molar-refractivity contribution in [2.45, 2.75) is 13.0 Å². The van der Waals surface area contributed by atoms with E-state index in [1.165, 1.54) is 13.1 Å². The molecule has 1 heterocycles. The molecule has 1 aromatic heterocycles. The molecule has 88 valence electrons. The van der Waals surface area contributed by atoms with Crippen LogP contribution in [0.1, 0.15) is 13.0 Å². The zero-order valence-electron chi connectivity index (χ0n) is 8.92. The number of carboxylic acids is 1. The van der Waals surface area contributed by atoms with E-state index in [1.54, 1.807) is 18.2 Å². The molecule has 0 saturated heterocycles. The molecule has 17 heavy (non-hydrogen) atoms. The average molecular weight is 297 g/mol. The van der Waals surface area contributed by atoms with E-state index < -0.39 is 17.6 Å². The number of benzene rings is 1. The van der Waals surface area contributed by atoms with Gasteiger partial charge in [-0.2, -0.15) is 5.10 Å². The quantitative estimate of drug-likeness (QED) is 0.917. The lowest BCUT2D eigenvalue weighted by Crippen LogP contribution is -2.30. The summed E-state index contributed by atoms with van der Waals surface area (Å²) in [6, 6.07) is 4.23. The smallest absolute Gasteiger partial charge is 0.328 e. The second-order valence-corrected chi connectivity index (χ2v) is 4.56. The Kier molecular flexibility index (Phi) is 2.97. The van der Waals surface area contributed by atoms with E-state index in [9.17, 15) is 9.59 Å². The number of fused-ring (bicyclic) bond motifs is 1. The molecule has 0 amide bonds. The number of rotatable bonds is 2. The number of hydrogen-bond acceptors (Lipinski definition) is 3. The molecular weight excluding hydrogens is 288 g/mol. The fraction of sp³-hybridized carbons (Fsp3) is 0.182. The number of aromatic nitrogens is 2. The molecule has 1 atom stereocenters. The fourth-order valence-electron chi connectivity index (χ4n) is 1.51. The molecule has 0 radical (unpaired) electrons. The molecule has 0 aliphatic rings. The zero-order valence-corrected chi connectivity index (χ0v) is 10.5. The summed E-state index contributed by atoms with van der Waals surface area (Å²) in [7, 11) is 0. The summed E-state index contributed by atoms with van der Waals surface area (Å²) >= 11 is 3.27. The monoisotopic (exact) mass is 296 g/mol. The van der Waals surface area contributed by atoms with Gasteiger partial charge in [-0.25, -0.2) is 9.48 Å². The van der Waals surface area contributed by atoms with Crippen molar-refractivity contribution in [1.29, 1.82) is 0 Å². The summed E-state index contributed by atoms with van der Waals surface area (Å²) < 4.78 is 1.74. The highest BCUT2D eigenvalue weighted by atomic mass is 79.9. The maximum atomic E-state index is 12.0. The Hall–Kier alpha value is -1.69. The van der Waals surface area contributed by atoms with Crippen LogP contribution in [0.25, 0.3) is 10.8 Å². The third kappa shape index (κ3) is 2.08. The lowest BCUT2D eigenvalue weighted by atomic mass is 10.2. The molecule has 5 nitrogen and oxygen atoms in total. The predicted octanol–water partition coefficient (Wildman–Crippen LogP) is 1.80. The predicted molar refractivity (Wildman–Crippen MR) is 66.0 cm³/mol. The maximum absolute atomic E-state index is 12.0. The number of aliphatic carboxylic acids is 1. The Morgan fingerprint density at radius 3 is 2.88 bits per heavy atom. The van der Waals surface area contributed by atoms with Gasteiger partial charge in [0.2, 0.25) is 0 Å². The van der Waals surface area contributed by atoms with E-state index >= 15 is 0 Å².